The molecule has 2 atom stereocenters. The third kappa shape index (κ3) is 2.68. The fourth-order valence-electron chi connectivity index (χ4n) is 1.62. The Kier molecular flexibility index (Phi) is 3.34. The third-order valence-electron chi connectivity index (χ3n) is 2.91. The van der Waals surface area contributed by atoms with Gasteiger partial charge >= 0.3 is 0 Å². The molecule has 0 saturated carbocycles. The Bertz CT molecular complexity index is 276. The molecule has 0 aliphatic carbocycles. The molecule has 2 unspecified atom stereocenters. The van der Waals surface area contributed by atoms with Crippen molar-refractivity contribution in [1.29, 1.82) is 0 Å². The third-order valence-corrected chi connectivity index (χ3v) is 2.91. The van der Waals surface area contributed by atoms with E-state index in [1.807, 2.05) is 6.92 Å². The highest BCUT2D eigenvalue weighted by Crippen LogP contribution is 2.17. The highest BCUT2D eigenvalue weighted by atomic mass is 16.2. The second-order valence-electron chi connectivity index (χ2n) is 4.72. The van der Waals surface area contributed by atoms with Crippen molar-refractivity contribution in [2.75, 3.05) is 13.1 Å². The molecule has 1 rings (SSSR count). The predicted molar refractivity (Wildman–Crippen MR) is 56.9 cm³/mol. The molecule has 1 saturated heterocycles. The minimum atomic E-state index is -0.973. The van der Waals surface area contributed by atoms with Gasteiger partial charge in [-0.2, -0.15) is 0 Å². The number of primary amides is 1. The largest absolute Gasteiger partial charge is 0.368 e. The Balaban J connectivity index is 2.59. The maximum Gasteiger partial charge on any atom is 0.242 e. The first-order valence-electron chi connectivity index (χ1n) is 5.17. The molecule has 4 N–H and O–H groups in total. The molecular weight excluding hydrogens is 194 g/mol. The number of rotatable bonds is 3. The molecule has 15 heavy (non-hydrogen) atoms. The number of carbonyl (C=O) groups excluding carboxylic acids is 2. The number of hydrogen-bond acceptors (Lipinski definition) is 3. The molecule has 1 aliphatic heterocycles. The average molecular weight is 213 g/mol. The summed E-state index contributed by atoms with van der Waals surface area (Å²) in [6.45, 7) is 6.75. The van der Waals surface area contributed by atoms with Crippen LogP contribution in [0.25, 0.3) is 0 Å². The Morgan fingerprint density at radius 2 is 2.00 bits per heavy atom. The normalized spacial score (nSPS) is 26.3. The van der Waals surface area contributed by atoms with Gasteiger partial charge < -0.3 is 16.4 Å². The first-order chi connectivity index (χ1) is 6.84. The standard InChI is InChI=1S/C10H19N3O2/c1-6-4-12-5-7(6)8(14)13-10(2,3)9(11)15/h6-7,12H,4-5H2,1-3H3,(H2,11,15)(H,13,14). The molecule has 0 aromatic rings. The van der Waals surface area contributed by atoms with Gasteiger partial charge in [0.25, 0.3) is 0 Å². The number of nitrogens with two attached hydrogens (primary N) is 1. The van der Waals surface area contributed by atoms with Crippen LogP contribution >= 0.6 is 0 Å². The van der Waals surface area contributed by atoms with E-state index in [1.54, 1.807) is 13.8 Å². The highest BCUT2D eigenvalue weighted by molar-refractivity contribution is 5.90. The van der Waals surface area contributed by atoms with Crippen LogP contribution in [0, 0.1) is 11.8 Å². The van der Waals surface area contributed by atoms with Gasteiger partial charge in [0.15, 0.2) is 0 Å². The summed E-state index contributed by atoms with van der Waals surface area (Å²) in [6.07, 6.45) is 0. The number of hydrogen-bond donors (Lipinski definition) is 3. The summed E-state index contributed by atoms with van der Waals surface area (Å²) in [5, 5.41) is 5.82. The van der Waals surface area contributed by atoms with E-state index in [2.05, 4.69) is 10.6 Å². The average Bonchev–Trinajstić information content (AvgIpc) is 2.50. The van der Waals surface area contributed by atoms with E-state index >= 15 is 0 Å². The van der Waals surface area contributed by atoms with Crippen LogP contribution in [0.15, 0.2) is 0 Å². The molecule has 1 fully saturated rings. The summed E-state index contributed by atoms with van der Waals surface area (Å²) in [4.78, 5) is 22.9. The summed E-state index contributed by atoms with van der Waals surface area (Å²) in [5.74, 6) is -0.386. The fourth-order valence-corrected chi connectivity index (χ4v) is 1.62. The molecule has 0 aromatic heterocycles. The smallest absolute Gasteiger partial charge is 0.242 e. The first-order valence-corrected chi connectivity index (χ1v) is 5.17. The van der Waals surface area contributed by atoms with Crippen molar-refractivity contribution in [3.8, 4) is 0 Å². The molecular formula is C10H19N3O2. The van der Waals surface area contributed by atoms with E-state index in [-0.39, 0.29) is 11.8 Å². The van der Waals surface area contributed by atoms with Gasteiger partial charge in [-0.25, -0.2) is 0 Å². The van der Waals surface area contributed by atoms with Crippen molar-refractivity contribution in [2.24, 2.45) is 17.6 Å². The van der Waals surface area contributed by atoms with Gasteiger partial charge in [-0.3, -0.25) is 9.59 Å². The Labute approximate surface area is 89.8 Å². The quantitative estimate of drug-likeness (QED) is 0.575. The summed E-state index contributed by atoms with van der Waals surface area (Å²) in [5.41, 5.74) is 4.21. The van der Waals surface area contributed by atoms with Crippen molar-refractivity contribution in [3.05, 3.63) is 0 Å². The van der Waals surface area contributed by atoms with Crippen LogP contribution in [0.5, 0.6) is 0 Å². The van der Waals surface area contributed by atoms with Crippen LogP contribution < -0.4 is 16.4 Å². The Morgan fingerprint density at radius 3 is 2.40 bits per heavy atom. The minimum Gasteiger partial charge on any atom is -0.368 e. The molecule has 1 aliphatic rings. The summed E-state index contributed by atoms with van der Waals surface area (Å²) >= 11 is 0. The van der Waals surface area contributed by atoms with Gasteiger partial charge in [0, 0.05) is 6.54 Å². The van der Waals surface area contributed by atoms with Crippen molar-refractivity contribution >= 4 is 11.8 Å². The van der Waals surface area contributed by atoms with E-state index in [1.165, 1.54) is 0 Å². The molecule has 2 amide bonds. The van der Waals surface area contributed by atoms with Gasteiger partial charge in [-0.1, -0.05) is 6.92 Å². The number of nitrogens with one attached hydrogen (secondary N) is 2. The molecule has 1 heterocycles. The molecule has 0 aromatic carbocycles. The van der Waals surface area contributed by atoms with Gasteiger partial charge in [0.1, 0.15) is 5.54 Å². The summed E-state index contributed by atoms with van der Waals surface area (Å²) in [6, 6.07) is 0. The summed E-state index contributed by atoms with van der Waals surface area (Å²) in [7, 11) is 0. The Hall–Kier alpha value is -1.10. The van der Waals surface area contributed by atoms with E-state index in [0.717, 1.165) is 6.54 Å². The highest BCUT2D eigenvalue weighted by Gasteiger charge is 2.34. The lowest BCUT2D eigenvalue weighted by Gasteiger charge is -2.25. The predicted octanol–water partition coefficient (Wildman–Crippen LogP) is -0.778. The maximum atomic E-state index is 11.8. The number of amides is 2. The SMILES string of the molecule is CC1CNCC1C(=O)NC(C)(C)C(N)=O. The fraction of sp³-hybridized carbons (Fsp3) is 0.800. The molecule has 5 heteroatoms. The zero-order chi connectivity index (χ0) is 11.6. The van der Waals surface area contributed by atoms with Crippen LogP contribution in [0.2, 0.25) is 0 Å². The van der Waals surface area contributed by atoms with Gasteiger partial charge in [-0.15, -0.1) is 0 Å². The van der Waals surface area contributed by atoms with Crippen molar-refractivity contribution < 1.29 is 9.59 Å². The van der Waals surface area contributed by atoms with Crippen LogP contribution in [-0.4, -0.2) is 30.4 Å². The maximum absolute atomic E-state index is 11.8. The van der Waals surface area contributed by atoms with Gasteiger partial charge in [0.05, 0.1) is 5.92 Å². The molecule has 5 nitrogen and oxygen atoms in total. The van der Waals surface area contributed by atoms with Crippen LogP contribution in [-0.2, 0) is 9.59 Å². The molecule has 0 radical (unpaired) electrons. The molecule has 86 valence electrons. The molecule has 0 spiro atoms. The molecule has 0 bridgehead atoms. The first kappa shape index (κ1) is 12.0. The van der Waals surface area contributed by atoms with E-state index < -0.39 is 11.4 Å². The Morgan fingerprint density at radius 1 is 1.40 bits per heavy atom. The van der Waals surface area contributed by atoms with Crippen LogP contribution in [0.4, 0.5) is 0 Å². The van der Waals surface area contributed by atoms with Gasteiger partial charge in [0.2, 0.25) is 11.8 Å². The van der Waals surface area contributed by atoms with Crippen LogP contribution in [0.1, 0.15) is 20.8 Å². The monoisotopic (exact) mass is 213 g/mol. The zero-order valence-electron chi connectivity index (χ0n) is 9.46. The van der Waals surface area contributed by atoms with Crippen molar-refractivity contribution in [2.45, 2.75) is 26.3 Å². The van der Waals surface area contributed by atoms with E-state index in [4.69, 9.17) is 5.73 Å². The second-order valence-corrected chi connectivity index (χ2v) is 4.72. The van der Waals surface area contributed by atoms with E-state index in [0.29, 0.717) is 12.5 Å². The topological polar surface area (TPSA) is 84.2 Å². The van der Waals surface area contributed by atoms with Gasteiger partial charge in [-0.05, 0) is 26.3 Å². The lowest BCUT2D eigenvalue weighted by Crippen LogP contribution is -2.55. The van der Waals surface area contributed by atoms with Crippen molar-refractivity contribution in [3.63, 3.8) is 0 Å². The zero-order valence-corrected chi connectivity index (χ0v) is 9.46. The number of carbonyl (C=O) groups is 2. The second kappa shape index (κ2) is 4.18. The van der Waals surface area contributed by atoms with Crippen molar-refractivity contribution in [1.82, 2.24) is 10.6 Å². The van der Waals surface area contributed by atoms with E-state index in [9.17, 15) is 9.59 Å². The van der Waals surface area contributed by atoms with Crippen LogP contribution in [0.3, 0.4) is 0 Å². The lowest BCUT2D eigenvalue weighted by molar-refractivity contribution is -0.132. The summed E-state index contributed by atoms with van der Waals surface area (Å²) < 4.78 is 0. The minimum absolute atomic E-state index is 0.0661. The lowest BCUT2D eigenvalue weighted by atomic mass is 9.95.